The number of carbonyl (C=O) groups excluding carboxylic acids is 1. The Bertz CT molecular complexity index is 1040. The summed E-state index contributed by atoms with van der Waals surface area (Å²) in [6.45, 7) is -0.138. The van der Waals surface area contributed by atoms with Gasteiger partial charge < -0.3 is 5.32 Å². The Morgan fingerprint density at radius 1 is 1.11 bits per heavy atom. The van der Waals surface area contributed by atoms with Gasteiger partial charge >= 0.3 is 0 Å². The van der Waals surface area contributed by atoms with Crippen molar-refractivity contribution in [3.8, 4) is 0 Å². The second kappa shape index (κ2) is 8.21. The number of carbonyl (C=O) groups is 1. The second-order valence-electron chi connectivity index (χ2n) is 5.72. The van der Waals surface area contributed by atoms with Crippen LogP contribution in [-0.4, -0.2) is 20.9 Å². The molecular formula is C19H15ClFNO3S2. The van der Waals surface area contributed by atoms with E-state index in [0.29, 0.717) is 9.90 Å². The lowest BCUT2D eigenvalue weighted by atomic mass is 10.2. The first-order chi connectivity index (χ1) is 12.9. The van der Waals surface area contributed by atoms with Crippen molar-refractivity contribution >= 4 is 38.7 Å². The van der Waals surface area contributed by atoms with Gasteiger partial charge in [0, 0.05) is 22.0 Å². The summed E-state index contributed by atoms with van der Waals surface area (Å²) in [4.78, 5) is 13.0. The van der Waals surface area contributed by atoms with E-state index in [1.807, 2.05) is 0 Å². The first-order valence-corrected chi connectivity index (χ1v) is 10.7. The Labute approximate surface area is 165 Å². The van der Waals surface area contributed by atoms with Gasteiger partial charge in [0.2, 0.25) is 0 Å². The molecular weight excluding hydrogens is 409 g/mol. The van der Waals surface area contributed by atoms with E-state index < -0.39 is 26.8 Å². The predicted octanol–water partition coefficient (Wildman–Crippen LogP) is 4.49. The molecule has 0 aliphatic carbocycles. The molecule has 1 amide bonds. The maximum Gasteiger partial charge on any atom is 0.251 e. The van der Waals surface area contributed by atoms with Crippen molar-refractivity contribution in [2.24, 2.45) is 0 Å². The molecule has 0 bridgehead atoms. The molecule has 0 spiro atoms. The molecule has 1 unspecified atom stereocenters. The second-order valence-corrected chi connectivity index (χ2v) is 9.27. The number of thiophene rings is 1. The number of sulfone groups is 1. The zero-order valence-electron chi connectivity index (χ0n) is 13.9. The summed E-state index contributed by atoms with van der Waals surface area (Å²) in [7, 11) is -3.76. The molecule has 8 heteroatoms. The molecule has 0 radical (unpaired) electrons. The van der Waals surface area contributed by atoms with E-state index in [9.17, 15) is 17.6 Å². The molecule has 2 aromatic carbocycles. The zero-order chi connectivity index (χ0) is 19.4. The lowest BCUT2D eigenvalue weighted by molar-refractivity contribution is 0.0953. The van der Waals surface area contributed by atoms with Crippen LogP contribution in [0.4, 0.5) is 4.39 Å². The van der Waals surface area contributed by atoms with E-state index in [1.54, 1.807) is 17.5 Å². The van der Waals surface area contributed by atoms with Gasteiger partial charge in [-0.3, -0.25) is 4.79 Å². The van der Waals surface area contributed by atoms with E-state index >= 15 is 0 Å². The van der Waals surface area contributed by atoms with Crippen LogP contribution in [0.2, 0.25) is 5.02 Å². The third-order valence-electron chi connectivity index (χ3n) is 3.91. The molecule has 0 fully saturated rings. The minimum atomic E-state index is -3.76. The minimum absolute atomic E-state index is 0.116. The molecule has 1 aromatic heterocycles. The van der Waals surface area contributed by atoms with Gasteiger partial charge in [0.25, 0.3) is 5.91 Å². The zero-order valence-corrected chi connectivity index (χ0v) is 16.3. The molecule has 27 heavy (non-hydrogen) atoms. The van der Waals surface area contributed by atoms with Crippen molar-refractivity contribution in [1.82, 2.24) is 5.32 Å². The summed E-state index contributed by atoms with van der Waals surface area (Å²) in [5.74, 6) is -1.08. The lowest BCUT2D eigenvalue weighted by Crippen LogP contribution is -2.31. The Morgan fingerprint density at radius 3 is 2.48 bits per heavy atom. The number of halogens is 2. The largest absolute Gasteiger partial charge is 0.350 e. The molecule has 1 heterocycles. The summed E-state index contributed by atoms with van der Waals surface area (Å²) >= 11 is 7.13. The Morgan fingerprint density at radius 2 is 1.85 bits per heavy atom. The first kappa shape index (κ1) is 19.5. The van der Waals surface area contributed by atoms with E-state index in [-0.39, 0.29) is 17.0 Å². The highest BCUT2D eigenvalue weighted by Gasteiger charge is 2.30. The van der Waals surface area contributed by atoms with E-state index in [4.69, 9.17) is 11.6 Å². The summed E-state index contributed by atoms with van der Waals surface area (Å²) in [6.07, 6.45) is 0. The standard InChI is InChI=1S/C19H15ClFNO3S2/c20-14-6-8-16(9-7-14)27(24,25)18(17-5-2-10-26-17)12-22-19(23)13-3-1-4-15(21)11-13/h1-11,18H,12H2,(H,22,23). The van der Waals surface area contributed by atoms with Crippen LogP contribution in [0.15, 0.2) is 70.9 Å². The molecule has 1 N–H and O–H groups in total. The number of hydrogen-bond donors (Lipinski definition) is 1. The third-order valence-corrected chi connectivity index (χ3v) is 7.40. The van der Waals surface area contributed by atoms with Crippen LogP contribution in [0.25, 0.3) is 0 Å². The summed E-state index contributed by atoms with van der Waals surface area (Å²) < 4.78 is 39.5. The molecule has 0 aliphatic heterocycles. The summed E-state index contributed by atoms with van der Waals surface area (Å²) in [5, 5.41) is 3.84. The van der Waals surface area contributed by atoms with Crippen LogP contribution >= 0.6 is 22.9 Å². The van der Waals surface area contributed by atoms with Gasteiger partial charge in [-0.25, -0.2) is 12.8 Å². The van der Waals surface area contributed by atoms with Gasteiger partial charge in [-0.05, 0) is 53.9 Å². The third kappa shape index (κ3) is 4.55. The average Bonchev–Trinajstić information content (AvgIpc) is 3.16. The molecule has 4 nitrogen and oxygen atoms in total. The van der Waals surface area contributed by atoms with Gasteiger partial charge in [0.15, 0.2) is 9.84 Å². The van der Waals surface area contributed by atoms with E-state index in [1.165, 1.54) is 53.8 Å². The van der Waals surface area contributed by atoms with Crippen LogP contribution in [0.1, 0.15) is 20.5 Å². The summed E-state index contributed by atoms with van der Waals surface area (Å²) in [6, 6.07) is 14.6. The SMILES string of the molecule is O=C(NCC(c1cccs1)S(=O)(=O)c1ccc(Cl)cc1)c1cccc(F)c1. The highest BCUT2D eigenvalue weighted by molar-refractivity contribution is 7.91. The molecule has 0 saturated heterocycles. The average molecular weight is 424 g/mol. The highest BCUT2D eigenvalue weighted by atomic mass is 35.5. The van der Waals surface area contributed by atoms with Crippen LogP contribution in [0, 0.1) is 5.82 Å². The molecule has 3 aromatic rings. The maximum absolute atomic E-state index is 13.3. The van der Waals surface area contributed by atoms with E-state index in [2.05, 4.69) is 5.32 Å². The van der Waals surface area contributed by atoms with Crippen molar-refractivity contribution in [3.05, 3.63) is 87.3 Å². The van der Waals surface area contributed by atoms with E-state index in [0.717, 1.165) is 6.07 Å². The highest BCUT2D eigenvalue weighted by Crippen LogP contribution is 2.32. The van der Waals surface area contributed by atoms with Crippen molar-refractivity contribution in [2.45, 2.75) is 10.1 Å². The van der Waals surface area contributed by atoms with Gasteiger partial charge in [-0.1, -0.05) is 23.7 Å². The lowest BCUT2D eigenvalue weighted by Gasteiger charge is -2.17. The molecule has 0 saturated carbocycles. The van der Waals surface area contributed by atoms with Crippen LogP contribution in [0.5, 0.6) is 0 Å². The quantitative estimate of drug-likeness (QED) is 0.635. The van der Waals surface area contributed by atoms with Crippen molar-refractivity contribution < 1.29 is 17.6 Å². The Balaban J connectivity index is 1.86. The van der Waals surface area contributed by atoms with Crippen LogP contribution in [-0.2, 0) is 9.84 Å². The molecule has 140 valence electrons. The van der Waals surface area contributed by atoms with Gasteiger partial charge in [-0.2, -0.15) is 0 Å². The molecule has 0 aliphatic rings. The first-order valence-electron chi connectivity index (χ1n) is 7.94. The van der Waals surface area contributed by atoms with Crippen LogP contribution < -0.4 is 5.32 Å². The normalized spacial score (nSPS) is 12.5. The topological polar surface area (TPSA) is 63.2 Å². The maximum atomic E-state index is 13.3. The smallest absolute Gasteiger partial charge is 0.251 e. The Kier molecular flexibility index (Phi) is 5.94. The monoisotopic (exact) mass is 423 g/mol. The van der Waals surface area contributed by atoms with Gasteiger partial charge in [-0.15, -0.1) is 11.3 Å². The fourth-order valence-electron chi connectivity index (χ4n) is 2.54. The predicted molar refractivity (Wildman–Crippen MR) is 104 cm³/mol. The van der Waals surface area contributed by atoms with Crippen molar-refractivity contribution in [2.75, 3.05) is 6.54 Å². The molecule has 1 atom stereocenters. The number of hydrogen-bond acceptors (Lipinski definition) is 4. The van der Waals surface area contributed by atoms with Gasteiger partial charge in [0.1, 0.15) is 11.1 Å². The molecule has 3 rings (SSSR count). The summed E-state index contributed by atoms with van der Waals surface area (Å²) in [5.41, 5.74) is 0.129. The van der Waals surface area contributed by atoms with Crippen LogP contribution in [0.3, 0.4) is 0 Å². The fraction of sp³-hybridized carbons (Fsp3) is 0.105. The number of rotatable bonds is 6. The van der Waals surface area contributed by atoms with Crippen molar-refractivity contribution in [3.63, 3.8) is 0 Å². The number of benzene rings is 2. The van der Waals surface area contributed by atoms with Gasteiger partial charge in [0.05, 0.1) is 4.90 Å². The number of amides is 1. The fourth-order valence-corrected chi connectivity index (χ4v) is 5.45. The van der Waals surface area contributed by atoms with Crippen molar-refractivity contribution in [1.29, 1.82) is 0 Å². The number of nitrogens with one attached hydrogen (secondary N) is 1. The minimum Gasteiger partial charge on any atom is -0.350 e. The Hall–Kier alpha value is -2.22.